The molecule has 2 heteroatoms. The van der Waals surface area contributed by atoms with Gasteiger partial charge in [0.1, 0.15) is 0 Å². The third-order valence-electron chi connectivity index (χ3n) is 7.05. The van der Waals surface area contributed by atoms with Crippen LogP contribution in [0, 0.1) is 5.92 Å². The topological polar surface area (TPSA) is 12.5 Å². The fourth-order valence-electron chi connectivity index (χ4n) is 4.84. The van der Waals surface area contributed by atoms with Gasteiger partial charge in [-0.25, -0.2) is 0 Å². The molecule has 0 aromatic heterocycles. The monoisotopic (exact) mass is 504 g/mol. The van der Waals surface area contributed by atoms with E-state index in [9.17, 15) is 0 Å². The van der Waals surface area contributed by atoms with Gasteiger partial charge in [-0.3, -0.25) is 4.84 Å². The van der Waals surface area contributed by atoms with Crippen molar-refractivity contribution in [1.29, 1.82) is 0 Å². The molecular weight excluding hydrogens is 438 g/mol. The van der Waals surface area contributed by atoms with E-state index in [1.165, 1.54) is 135 Å². The Morgan fingerprint density at radius 2 is 0.806 bits per heavy atom. The number of hydrogen-bond donors (Lipinski definition) is 0. The molecule has 36 heavy (non-hydrogen) atoms. The molecule has 0 radical (unpaired) electrons. The molecule has 0 aliphatic carbocycles. The average molecular weight is 504 g/mol. The lowest BCUT2D eigenvalue weighted by Gasteiger charge is -2.29. The minimum Gasteiger partial charge on any atom is -0.296 e. The second-order valence-corrected chi connectivity index (χ2v) is 10.9. The van der Waals surface area contributed by atoms with Gasteiger partial charge in [0.15, 0.2) is 0 Å². The largest absolute Gasteiger partial charge is 0.296 e. The summed E-state index contributed by atoms with van der Waals surface area (Å²) in [6.45, 7) is 6.84. The van der Waals surface area contributed by atoms with E-state index in [0.717, 1.165) is 0 Å². The number of rotatable bonds is 27. The van der Waals surface area contributed by atoms with Crippen molar-refractivity contribution in [3.63, 3.8) is 0 Å². The third kappa shape index (κ3) is 24.8. The first kappa shape index (κ1) is 35.1. The quantitative estimate of drug-likeness (QED) is 0.0627. The van der Waals surface area contributed by atoms with Gasteiger partial charge in [-0.15, -0.1) is 0 Å². The second kappa shape index (κ2) is 28.7. The number of hydrogen-bond acceptors (Lipinski definition) is 2. The Hall–Kier alpha value is -0.860. The molecule has 0 saturated carbocycles. The van der Waals surface area contributed by atoms with Gasteiger partial charge in [0.25, 0.3) is 0 Å². The number of unbranched alkanes of at least 4 members (excludes halogenated alkanes) is 12. The Morgan fingerprint density at radius 3 is 1.14 bits per heavy atom. The van der Waals surface area contributed by atoms with Crippen LogP contribution in [-0.2, 0) is 4.84 Å². The molecule has 0 aliphatic rings. The lowest BCUT2D eigenvalue weighted by Crippen LogP contribution is -2.30. The summed E-state index contributed by atoms with van der Waals surface area (Å²) in [6.07, 6.45) is 41.7. The molecule has 0 amide bonds. The minimum absolute atomic E-state index is 0.343. The summed E-state index contributed by atoms with van der Waals surface area (Å²) in [6, 6.07) is 0. The van der Waals surface area contributed by atoms with E-state index in [1.807, 2.05) is 5.06 Å². The Bertz CT molecular complexity index is 481. The van der Waals surface area contributed by atoms with E-state index in [2.05, 4.69) is 71.3 Å². The number of nitrogens with zero attached hydrogens (tertiary/aromatic N) is 1. The maximum Gasteiger partial charge on any atom is 0.0821 e. The molecular formula is C34H65NO. The molecule has 212 valence electrons. The summed E-state index contributed by atoms with van der Waals surface area (Å²) in [5.41, 5.74) is 0. The van der Waals surface area contributed by atoms with Crippen LogP contribution >= 0.6 is 0 Å². The van der Waals surface area contributed by atoms with Crippen LogP contribution in [0.1, 0.15) is 156 Å². The Labute approximate surface area is 228 Å². The van der Waals surface area contributed by atoms with E-state index in [-0.39, 0.29) is 0 Å². The van der Waals surface area contributed by atoms with Gasteiger partial charge in [0.2, 0.25) is 0 Å². The van der Waals surface area contributed by atoms with Crippen LogP contribution in [0.15, 0.2) is 36.5 Å². The molecule has 1 unspecified atom stereocenters. The number of hydroxylamine groups is 2. The van der Waals surface area contributed by atoms with Gasteiger partial charge in [0, 0.05) is 14.1 Å². The van der Waals surface area contributed by atoms with Crippen LogP contribution in [0.2, 0.25) is 0 Å². The van der Waals surface area contributed by atoms with Crippen molar-refractivity contribution in [3.8, 4) is 0 Å². The van der Waals surface area contributed by atoms with Gasteiger partial charge in [0.05, 0.1) is 6.10 Å². The molecule has 0 rings (SSSR count). The summed E-state index contributed by atoms with van der Waals surface area (Å²) in [5, 5.41) is 1.94. The normalized spacial score (nSPS) is 13.4. The summed E-state index contributed by atoms with van der Waals surface area (Å²) >= 11 is 0. The van der Waals surface area contributed by atoms with Crippen LogP contribution in [0.3, 0.4) is 0 Å². The first-order chi connectivity index (χ1) is 17.7. The second-order valence-electron chi connectivity index (χ2n) is 10.9. The third-order valence-corrected chi connectivity index (χ3v) is 7.05. The van der Waals surface area contributed by atoms with E-state index in [0.29, 0.717) is 12.0 Å². The lowest BCUT2D eigenvalue weighted by atomic mass is 9.88. The highest BCUT2D eigenvalue weighted by Gasteiger charge is 2.22. The van der Waals surface area contributed by atoms with Gasteiger partial charge in [-0.1, -0.05) is 95.8 Å². The summed E-state index contributed by atoms with van der Waals surface area (Å²) in [5.74, 6) is 0.655. The lowest BCUT2D eigenvalue weighted by molar-refractivity contribution is -0.185. The highest BCUT2D eigenvalue weighted by Crippen LogP contribution is 2.27. The van der Waals surface area contributed by atoms with E-state index in [1.54, 1.807) is 0 Å². The smallest absolute Gasteiger partial charge is 0.0821 e. The van der Waals surface area contributed by atoms with Gasteiger partial charge in [-0.2, -0.15) is 5.06 Å². The van der Waals surface area contributed by atoms with Crippen LogP contribution in [0.5, 0.6) is 0 Å². The molecule has 0 saturated heterocycles. The Balaban J connectivity index is 4.70. The molecule has 2 nitrogen and oxygen atoms in total. The minimum atomic E-state index is 0.343. The summed E-state index contributed by atoms with van der Waals surface area (Å²) in [4.78, 5) is 6.39. The highest BCUT2D eigenvalue weighted by molar-refractivity contribution is 4.85. The first-order valence-corrected chi connectivity index (χ1v) is 15.9. The maximum absolute atomic E-state index is 6.39. The predicted octanol–water partition coefficient (Wildman–Crippen LogP) is 11.4. The van der Waals surface area contributed by atoms with E-state index >= 15 is 0 Å². The molecule has 0 aromatic carbocycles. The molecule has 0 N–H and O–H groups in total. The fourth-order valence-corrected chi connectivity index (χ4v) is 4.84. The molecule has 0 fully saturated rings. The zero-order valence-corrected chi connectivity index (χ0v) is 25.3. The van der Waals surface area contributed by atoms with Crippen molar-refractivity contribution in [2.45, 2.75) is 162 Å². The summed E-state index contributed by atoms with van der Waals surface area (Å²) in [7, 11) is 4.10. The van der Waals surface area contributed by atoms with Gasteiger partial charge >= 0.3 is 0 Å². The Kier molecular flexibility index (Phi) is 28.0. The first-order valence-electron chi connectivity index (χ1n) is 15.9. The zero-order valence-electron chi connectivity index (χ0n) is 25.3. The summed E-state index contributed by atoms with van der Waals surface area (Å²) < 4.78 is 0. The number of allylic oxidation sites excluding steroid dienone is 6. The van der Waals surface area contributed by atoms with Crippen molar-refractivity contribution in [2.75, 3.05) is 14.1 Å². The van der Waals surface area contributed by atoms with Crippen LogP contribution in [0.25, 0.3) is 0 Å². The van der Waals surface area contributed by atoms with Crippen LogP contribution < -0.4 is 0 Å². The SMILES string of the molecule is CCCCC/C=C\CCCC(CCC/C=C\CCCCC)C(CCC/C=C\CCCCC)ON(C)C. The Morgan fingerprint density at radius 1 is 0.472 bits per heavy atom. The highest BCUT2D eigenvalue weighted by atomic mass is 16.7. The van der Waals surface area contributed by atoms with Crippen molar-refractivity contribution < 1.29 is 4.84 Å². The van der Waals surface area contributed by atoms with Gasteiger partial charge in [-0.05, 0) is 102 Å². The average Bonchev–Trinajstić information content (AvgIpc) is 2.86. The molecule has 0 aliphatic heterocycles. The van der Waals surface area contributed by atoms with Crippen LogP contribution in [0.4, 0.5) is 0 Å². The standard InChI is InChI=1S/C34H65NO/c1-6-9-12-15-18-21-24-27-30-33(31-28-25-22-19-16-13-10-7-2)34(36-35(4)5)32-29-26-23-20-17-14-11-8-3/h18-23,33-34H,6-17,24-32H2,1-5H3/b21-18-,22-19-,23-20-. The molecule has 0 aromatic rings. The van der Waals surface area contributed by atoms with E-state index in [4.69, 9.17) is 4.84 Å². The fraction of sp³-hybridized carbons (Fsp3) is 0.824. The molecule has 1 atom stereocenters. The molecule has 0 bridgehead atoms. The van der Waals surface area contributed by atoms with Gasteiger partial charge < -0.3 is 0 Å². The van der Waals surface area contributed by atoms with Crippen LogP contribution in [-0.4, -0.2) is 25.3 Å². The molecule has 0 spiro atoms. The molecule has 0 heterocycles. The van der Waals surface area contributed by atoms with Crippen molar-refractivity contribution in [1.82, 2.24) is 5.06 Å². The van der Waals surface area contributed by atoms with Crippen molar-refractivity contribution in [3.05, 3.63) is 36.5 Å². The van der Waals surface area contributed by atoms with E-state index < -0.39 is 0 Å². The maximum atomic E-state index is 6.39. The van der Waals surface area contributed by atoms with Crippen molar-refractivity contribution in [2.24, 2.45) is 5.92 Å². The predicted molar refractivity (Wildman–Crippen MR) is 163 cm³/mol. The van der Waals surface area contributed by atoms with Crippen molar-refractivity contribution >= 4 is 0 Å². The zero-order chi connectivity index (χ0) is 26.5.